The first-order valence-electron chi connectivity index (χ1n) is 7.57. The molecule has 1 saturated heterocycles. The highest BCUT2D eigenvalue weighted by Crippen LogP contribution is 2.27. The Morgan fingerprint density at radius 3 is 2.79 bits per heavy atom. The summed E-state index contributed by atoms with van der Waals surface area (Å²) < 4.78 is 0. The summed E-state index contributed by atoms with van der Waals surface area (Å²) in [5, 5.41) is 3.40. The fourth-order valence-electron chi connectivity index (χ4n) is 3.03. The zero-order chi connectivity index (χ0) is 13.8. The Balaban J connectivity index is 2.05. The minimum absolute atomic E-state index is 0.331. The number of aromatic nitrogens is 1. The van der Waals surface area contributed by atoms with E-state index in [-0.39, 0.29) is 0 Å². The number of nitrogens with one attached hydrogen (secondary N) is 1. The van der Waals surface area contributed by atoms with Gasteiger partial charge in [0.1, 0.15) is 0 Å². The van der Waals surface area contributed by atoms with Crippen LogP contribution in [0.3, 0.4) is 0 Å². The van der Waals surface area contributed by atoms with E-state index in [1.807, 2.05) is 6.20 Å². The summed E-state index contributed by atoms with van der Waals surface area (Å²) in [6.45, 7) is 11.1. The van der Waals surface area contributed by atoms with Crippen molar-refractivity contribution >= 4 is 5.69 Å². The molecule has 3 atom stereocenters. The van der Waals surface area contributed by atoms with Gasteiger partial charge in [-0.25, -0.2) is 0 Å². The first-order chi connectivity index (χ1) is 9.11. The van der Waals surface area contributed by atoms with Gasteiger partial charge in [-0.2, -0.15) is 0 Å². The summed E-state index contributed by atoms with van der Waals surface area (Å²) in [5.74, 6) is 0.854. The molecule has 0 aromatic carbocycles. The molecule has 0 saturated carbocycles. The lowest BCUT2D eigenvalue weighted by Gasteiger charge is -2.38. The quantitative estimate of drug-likeness (QED) is 0.900. The first kappa shape index (κ1) is 14.3. The highest BCUT2D eigenvalue weighted by molar-refractivity contribution is 5.46. The molecule has 0 radical (unpaired) electrons. The van der Waals surface area contributed by atoms with Gasteiger partial charge in [0, 0.05) is 18.6 Å². The molecule has 0 aliphatic carbocycles. The third kappa shape index (κ3) is 3.47. The summed E-state index contributed by atoms with van der Waals surface area (Å²) in [6.07, 6.45) is 4.62. The van der Waals surface area contributed by atoms with Gasteiger partial charge in [0.15, 0.2) is 0 Å². The Morgan fingerprint density at radius 2 is 2.21 bits per heavy atom. The highest BCUT2D eigenvalue weighted by Gasteiger charge is 2.23. The maximum atomic E-state index is 4.62. The maximum absolute atomic E-state index is 4.62. The lowest BCUT2D eigenvalue weighted by atomic mass is 9.93. The molecule has 2 heterocycles. The van der Waals surface area contributed by atoms with Crippen LogP contribution in [0.15, 0.2) is 18.3 Å². The van der Waals surface area contributed by atoms with Crippen molar-refractivity contribution in [1.29, 1.82) is 0 Å². The van der Waals surface area contributed by atoms with Crippen LogP contribution in [0.2, 0.25) is 0 Å². The van der Waals surface area contributed by atoms with Crippen LogP contribution in [0, 0.1) is 5.92 Å². The zero-order valence-electron chi connectivity index (χ0n) is 12.7. The number of hydrogen-bond donors (Lipinski definition) is 1. The standard InChI is InChI=1S/C16H27N3/c1-5-17-14(4)16-7-6-15(11-18-16)19-9-8-12(2)10-13(19)3/h6-7,11-14,17H,5,8-10H2,1-4H3. The number of piperidine rings is 1. The van der Waals surface area contributed by atoms with Crippen LogP contribution < -0.4 is 10.2 Å². The van der Waals surface area contributed by atoms with Crippen molar-refractivity contribution in [2.75, 3.05) is 18.0 Å². The summed E-state index contributed by atoms with van der Waals surface area (Å²) in [5.41, 5.74) is 2.40. The molecule has 0 amide bonds. The fraction of sp³-hybridized carbons (Fsp3) is 0.688. The van der Waals surface area contributed by atoms with E-state index in [0.29, 0.717) is 12.1 Å². The summed E-state index contributed by atoms with van der Waals surface area (Å²) in [4.78, 5) is 7.12. The predicted molar refractivity (Wildman–Crippen MR) is 81.5 cm³/mol. The second-order valence-electron chi connectivity index (χ2n) is 5.89. The molecule has 1 aliphatic heterocycles. The minimum Gasteiger partial charge on any atom is -0.368 e. The van der Waals surface area contributed by atoms with Gasteiger partial charge in [0.05, 0.1) is 17.6 Å². The summed E-state index contributed by atoms with van der Waals surface area (Å²) in [7, 11) is 0. The van der Waals surface area contributed by atoms with Gasteiger partial charge < -0.3 is 10.2 Å². The molecule has 3 unspecified atom stereocenters. The number of nitrogens with zero attached hydrogens (tertiary/aromatic N) is 2. The predicted octanol–water partition coefficient (Wildman–Crippen LogP) is 3.38. The SMILES string of the molecule is CCNC(C)c1ccc(N2CCC(C)CC2C)cn1. The first-order valence-corrected chi connectivity index (χ1v) is 7.57. The van der Waals surface area contributed by atoms with Gasteiger partial charge in [-0.15, -0.1) is 0 Å². The Hall–Kier alpha value is -1.09. The second-order valence-corrected chi connectivity index (χ2v) is 5.89. The molecule has 1 N–H and O–H groups in total. The Bertz CT molecular complexity index is 387. The molecule has 3 nitrogen and oxygen atoms in total. The second kappa shape index (κ2) is 6.38. The van der Waals surface area contributed by atoms with Crippen molar-refractivity contribution in [2.24, 2.45) is 5.92 Å². The van der Waals surface area contributed by atoms with Crippen molar-refractivity contribution in [3.63, 3.8) is 0 Å². The van der Waals surface area contributed by atoms with E-state index in [0.717, 1.165) is 24.7 Å². The minimum atomic E-state index is 0.331. The molecule has 1 fully saturated rings. The molecule has 1 aliphatic rings. The third-order valence-corrected chi connectivity index (χ3v) is 4.19. The van der Waals surface area contributed by atoms with Crippen LogP contribution in [-0.2, 0) is 0 Å². The fourth-order valence-corrected chi connectivity index (χ4v) is 3.03. The van der Waals surface area contributed by atoms with E-state index < -0.39 is 0 Å². The van der Waals surface area contributed by atoms with Crippen molar-refractivity contribution in [3.8, 4) is 0 Å². The molecule has 106 valence electrons. The molecule has 2 rings (SSSR count). The lowest BCUT2D eigenvalue weighted by Crippen LogP contribution is -2.40. The van der Waals surface area contributed by atoms with Crippen LogP contribution >= 0.6 is 0 Å². The van der Waals surface area contributed by atoms with E-state index in [1.54, 1.807) is 0 Å². The van der Waals surface area contributed by atoms with Crippen molar-refractivity contribution < 1.29 is 0 Å². The van der Waals surface area contributed by atoms with E-state index >= 15 is 0 Å². The molecule has 0 spiro atoms. The van der Waals surface area contributed by atoms with Crippen molar-refractivity contribution in [1.82, 2.24) is 10.3 Å². The van der Waals surface area contributed by atoms with E-state index in [9.17, 15) is 0 Å². The number of hydrogen-bond acceptors (Lipinski definition) is 3. The number of pyridine rings is 1. The average Bonchev–Trinajstić information content (AvgIpc) is 2.39. The van der Waals surface area contributed by atoms with Crippen LogP contribution in [0.25, 0.3) is 0 Å². The third-order valence-electron chi connectivity index (χ3n) is 4.19. The summed E-state index contributed by atoms with van der Waals surface area (Å²) >= 11 is 0. The van der Waals surface area contributed by atoms with Gasteiger partial charge in [0.25, 0.3) is 0 Å². The Morgan fingerprint density at radius 1 is 1.42 bits per heavy atom. The maximum Gasteiger partial charge on any atom is 0.0572 e. The molecular weight excluding hydrogens is 234 g/mol. The Labute approximate surface area is 117 Å². The molecule has 1 aromatic heterocycles. The lowest BCUT2D eigenvalue weighted by molar-refractivity contribution is 0.377. The molecule has 1 aromatic rings. The zero-order valence-corrected chi connectivity index (χ0v) is 12.7. The van der Waals surface area contributed by atoms with Crippen molar-refractivity contribution in [2.45, 2.75) is 52.6 Å². The van der Waals surface area contributed by atoms with Gasteiger partial charge in [-0.3, -0.25) is 4.98 Å². The molecule has 0 bridgehead atoms. The van der Waals surface area contributed by atoms with E-state index in [4.69, 9.17) is 0 Å². The van der Waals surface area contributed by atoms with Crippen LogP contribution in [-0.4, -0.2) is 24.1 Å². The van der Waals surface area contributed by atoms with Gasteiger partial charge in [-0.1, -0.05) is 13.8 Å². The smallest absolute Gasteiger partial charge is 0.0572 e. The normalized spacial score (nSPS) is 25.4. The molecular formula is C16H27N3. The van der Waals surface area contributed by atoms with Gasteiger partial charge in [-0.05, 0) is 51.3 Å². The number of rotatable bonds is 4. The van der Waals surface area contributed by atoms with E-state index in [2.05, 4.69) is 55.0 Å². The summed E-state index contributed by atoms with van der Waals surface area (Å²) in [6, 6.07) is 5.34. The van der Waals surface area contributed by atoms with Crippen LogP contribution in [0.1, 0.15) is 52.3 Å². The topological polar surface area (TPSA) is 28.2 Å². The van der Waals surface area contributed by atoms with Crippen LogP contribution in [0.4, 0.5) is 5.69 Å². The van der Waals surface area contributed by atoms with Crippen LogP contribution in [0.5, 0.6) is 0 Å². The average molecular weight is 261 g/mol. The van der Waals surface area contributed by atoms with Gasteiger partial charge >= 0.3 is 0 Å². The monoisotopic (exact) mass is 261 g/mol. The largest absolute Gasteiger partial charge is 0.368 e. The van der Waals surface area contributed by atoms with Crippen molar-refractivity contribution in [3.05, 3.63) is 24.0 Å². The Kier molecular flexibility index (Phi) is 4.81. The highest BCUT2D eigenvalue weighted by atomic mass is 15.2. The molecule has 3 heteroatoms. The van der Waals surface area contributed by atoms with E-state index in [1.165, 1.54) is 18.5 Å². The molecule has 19 heavy (non-hydrogen) atoms. The number of anilines is 1. The van der Waals surface area contributed by atoms with Gasteiger partial charge in [0.2, 0.25) is 0 Å².